The van der Waals surface area contributed by atoms with Gasteiger partial charge in [0, 0.05) is 0 Å². The van der Waals surface area contributed by atoms with Crippen LogP contribution in [0.1, 0.15) is 18.1 Å². The van der Waals surface area contributed by atoms with Crippen LogP contribution in [0.15, 0.2) is 23.1 Å². The van der Waals surface area contributed by atoms with Crippen LogP contribution in [0.2, 0.25) is 0 Å². The van der Waals surface area contributed by atoms with Gasteiger partial charge in [-0.3, -0.25) is 4.84 Å². The summed E-state index contributed by atoms with van der Waals surface area (Å²) in [6.45, 7) is 2.04. The molecule has 1 aromatic rings. The van der Waals surface area contributed by atoms with E-state index in [1.165, 1.54) is 0 Å². The highest BCUT2D eigenvalue weighted by molar-refractivity contribution is 7.92. The fraction of sp³-hybridized carbons (Fsp3) is 0.400. The fourth-order valence-electron chi connectivity index (χ4n) is 1.89. The van der Waals surface area contributed by atoms with E-state index < -0.39 is 9.84 Å². The molecule has 0 radical (unpaired) electrons. The summed E-state index contributed by atoms with van der Waals surface area (Å²) in [7, 11) is -3.09. The predicted octanol–water partition coefficient (Wildman–Crippen LogP) is 0.795. The number of benzene rings is 1. The fourth-order valence-corrected chi connectivity index (χ4v) is 3.49. The molecule has 0 bridgehead atoms. The van der Waals surface area contributed by atoms with E-state index in [-0.39, 0.29) is 5.25 Å². The standard InChI is InChI=1S/C10H13NO3S/c1-7-4-9-5-8(6-14-11)2-3-10(9)15(7,12)13/h2-3,5,7H,4,6,11H2,1H3. The zero-order chi connectivity index (χ0) is 11.1. The molecule has 82 valence electrons. The maximum absolute atomic E-state index is 11.8. The van der Waals surface area contributed by atoms with Crippen LogP contribution in [0.5, 0.6) is 0 Å². The Bertz CT molecular complexity index is 481. The minimum Gasteiger partial charge on any atom is -0.300 e. The van der Waals surface area contributed by atoms with Gasteiger partial charge in [0.05, 0.1) is 16.8 Å². The summed E-state index contributed by atoms with van der Waals surface area (Å²) in [5.74, 6) is 4.97. The predicted molar refractivity (Wildman–Crippen MR) is 55.8 cm³/mol. The van der Waals surface area contributed by atoms with Gasteiger partial charge < -0.3 is 0 Å². The molecule has 1 atom stereocenters. The van der Waals surface area contributed by atoms with Crippen LogP contribution in [-0.4, -0.2) is 13.7 Å². The van der Waals surface area contributed by atoms with Gasteiger partial charge in [-0.1, -0.05) is 12.1 Å². The number of rotatable bonds is 2. The summed E-state index contributed by atoms with van der Waals surface area (Å²) in [5, 5.41) is -0.318. The van der Waals surface area contributed by atoms with Crippen LogP contribution in [0.3, 0.4) is 0 Å². The smallest absolute Gasteiger partial charge is 0.181 e. The topological polar surface area (TPSA) is 69.4 Å². The Labute approximate surface area is 88.9 Å². The summed E-state index contributed by atoms with van der Waals surface area (Å²) < 4.78 is 23.6. The molecular weight excluding hydrogens is 214 g/mol. The molecule has 1 aromatic carbocycles. The highest BCUT2D eigenvalue weighted by Crippen LogP contribution is 2.31. The molecule has 0 fully saturated rings. The summed E-state index contributed by atoms with van der Waals surface area (Å²) in [6, 6.07) is 5.23. The van der Waals surface area contributed by atoms with E-state index in [1.807, 2.05) is 6.07 Å². The molecule has 0 saturated heterocycles. The molecular formula is C10H13NO3S. The first-order valence-corrected chi connectivity index (χ1v) is 6.27. The first-order chi connectivity index (χ1) is 7.05. The molecule has 2 rings (SSSR count). The zero-order valence-electron chi connectivity index (χ0n) is 8.43. The Morgan fingerprint density at radius 2 is 2.27 bits per heavy atom. The lowest BCUT2D eigenvalue weighted by Crippen LogP contribution is -2.11. The summed E-state index contributed by atoms with van der Waals surface area (Å²) in [4.78, 5) is 4.97. The molecule has 0 saturated carbocycles. The molecule has 1 heterocycles. The average Bonchev–Trinajstić information content (AvgIpc) is 2.38. The molecule has 1 unspecified atom stereocenters. The molecule has 4 nitrogen and oxygen atoms in total. The number of hydrogen-bond acceptors (Lipinski definition) is 4. The van der Waals surface area contributed by atoms with Crippen molar-refractivity contribution in [3.05, 3.63) is 29.3 Å². The van der Waals surface area contributed by atoms with Crippen LogP contribution in [0.25, 0.3) is 0 Å². The van der Waals surface area contributed by atoms with E-state index in [4.69, 9.17) is 5.90 Å². The Hall–Kier alpha value is -0.910. The summed E-state index contributed by atoms with van der Waals surface area (Å²) >= 11 is 0. The summed E-state index contributed by atoms with van der Waals surface area (Å²) in [5.41, 5.74) is 1.78. The van der Waals surface area contributed by atoms with Crippen molar-refractivity contribution >= 4 is 9.84 Å². The summed E-state index contributed by atoms with van der Waals surface area (Å²) in [6.07, 6.45) is 0.579. The quantitative estimate of drug-likeness (QED) is 0.758. The zero-order valence-corrected chi connectivity index (χ0v) is 9.25. The minimum absolute atomic E-state index is 0.307. The SMILES string of the molecule is CC1Cc2cc(CON)ccc2S1(=O)=O. The van der Waals surface area contributed by atoms with Crippen LogP contribution in [0, 0.1) is 0 Å². The van der Waals surface area contributed by atoms with Crippen LogP contribution < -0.4 is 5.90 Å². The van der Waals surface area contributed by atoms with E-state index in [2.05, 4.69) is 4.84 Å². The van der Waals surface area contributed by atoms with Gasteiger partial charge in [0.1, 0.15) is 0 Å². The highest BCUT2D eigenvalue weighted by atomic mass is 32.2. The minimum atomic E-state index is -3.09. The first-order valence-electron chi connectivity index (χ1n) is 4.73. The number of hydrogen-bond donors (Lipinski definition) is 1. The number of fused-ring (bicyclic) bond motifs is 1. The normalized spacial score (nSPS) is 22.7. The molecule has 1 aliphatic heterocycles. The van der Waals surface area contributed by atoms with E-state index in [0.29, 0.717) is 17.9 Å². The van der Waals surface area contributed by atoms with Crippen molar-refractivity contribution in [3.63, 3.8) is 0 Å². The van der Waals surface area contributed by atoms with Gasteiger partial charge in [-0.15, -0.1) is 0 Å². The number of sulfone groups is 1. The second-order valence-electron chi connectivity index (χ2n) is 3.81. The maximum Gasteiger partial charge on any atom is 0.181 e. The van der Waals surface area contributed by atoms with E-state index in [1.54, 1.807) is 19.1 Å². The molecule has 0 spiro atoms. The van der Waals surface area contributed by atoms with Crippen molar-refractivity contribution in [1.29, 1.82) is 0 Å². The Balaban J connectivity index is 2.47. The number of nitrogens with two attached hydrogens (primary N) is 1. The third kappa shape index (κ3) is 1.67. The van der Waals surface area contributed by atoms with Crippen molar-refractivity contribution in [1.82, 2.24) is 0 Å². The third-order valence-corrected chi connectivity index (χ3v) is 4.96. The van der Waals surface area contributed by atoms with Gasteiger partial charge in [0.2, 0.25) is 0 Å². The third-order valence-electron chi connectivity index (χ3n) is 2.72. The van der Waals surface area contributed by atoms with Crippen molar-refractivity contribution in [3.8, 4) is 0 Å². The van der Waals surface area contributed by atoms with Crippen molar-refractivity contribution in [2.45, 2.75) is 30.1 Å². The van der Waals surface area contributed by atoms with Gasteiger partial charge in [0.15, 0.2) is 9.84 Å². The second kappa shape index (κ2) is 3.59. The highest BCUT2D eigenvalue weighted by Gasteiger charge is 2.33. The Morgan fingerprint density at radius 1 is 1.53 bits per heavy atom. The van der Waals surface area contributed by atoms with E-state index in [0.717, 1.165) is 11.1 Å². The van der Waals surface area contributed by atoms with Crippen molar-refractivity contribution < 1.29 is 13.3 Å². The van der Waals surface area contributed by atoms with Crippen molar-refractivity contribution in [2.75, 3.05) is 0 Å². The molecule has 0 amide bonds. The van der Waals surface area contributed by atoms with Gasteiger partial charge >= 0.3 is 0 Å². The Morgan fingerprint density at radius 3 is 2.93 bits per heavy atom. The van der Waals surface area contributed by atoms with E-state index in [9.17, 15) is 8.42 Å². The first kappa shape index (κ1) is 10.6. The van der Waals surface area contributed by atoms with Gasteiger partial charge in [-0.25, -0.2) is 14.3 Å². The molecule has 5 heteroatoms. The maximum atomic E-state index is 11.8. The second-order valence-corrected chi connectivity index (χ2v) is 6.15. The average molecular weight is 227 g/mol. The van der Waals surface area contributed by atoms with Crippen LogP contribution in [0.4, 0.5) is 0 Å². The van der Waals surface area contributed by atoms with E-state index >= 15 is 0 Å². The Kier molecular flexibility index (Phi) is 2.54. The van der Waals surface area contributed by atoms with Crippen LogP contribution in [-0.2, 0) is 27.7 Å². The van der Waals surface area contributed by atoms with Crippen LogP contribution >= 0.6 is 0 Å². The van der Waals surface area contributed by atoms with Gasteiger partial charge in [0.25, 0.3) is 0 Å². The monoisotopic (exact) mass is 227 g/mol. The lowest BCUT2D eigenvalue weighted by molar-refractivity contribution is 0.124. The largest absolute Gasteiger partial charge is 0.300 e. The molecule has 15 heavy (non-hydrogen) atoms. The molecule has 2 N–H and O–H groups in total. The molecule has 0 aliphatic carbocycles. The molecule has 1 aliphatic rings. The lowest BCUT2D eigenvalue weighted by Gasteiger charge is -2.02. The van der Waals surface area contributed by atoms with Crippen molar-refractivity contribution in [2.24, 2.45) is 5.90 Å². The molecule has 0 aromatic heterocycles. The van der Waals surface area contributed by atoms with Gasteiger partial charge in [-0.2, -0.15) is 0 Å². The van der Waals surface area contributed by atoms with Gasteiger partial charge in [-0.05, 0) is 30.5 Å². The lowest BCUT2D eigenvalue weighted by atomic mass is 10.1.